The number of nitrogens with zero attached hydrogens (tertiary/aromatic N) is 2. The molecule has 0 unspecified atom stereocenters. The van der Waals surface area contributed by atoms with Gasteiger partial charge in [0.15, 0.2) is 0 Å². The highest BCUT2D eigenvalue weighted by atomic mass is 35.5. The fourth-order valence-corrected chi connectivity index (χ4v) is 2.87. The van der Waals surface area contributed by atoms with E-state index in [0.717, 1.165) is 0 Å². The van der Waals surface area contributed by atoms with E-state index in [1.54, 1.807) is 43.0 Å². The highest BCUT2D eigenvalue weighted by molar-refractivity contribution is 6.35. The Morgan fingerprint density at radius 2 is 1.69 bits per heavy atom. The number of benzene rings is 1. The molecule has 0 aliphatic carbocycles. The summed E-state index contributed by atoms with van der Waals surface area (Å²) in [5.74, 6) is -1.36. The lowest BCUT2D eigenvalue weighted by atomic mass is 10.2. The third kappa shape index (κ3) is 5.47. The van der Waals surface area contributed by atoms with Crippen LogP contribution in [0.2, 0.25) is 10.0 Å². The van der Waals surface area contributed by atoms with Crippen molar-refractivity contribution >= 4 is 47.0 Å². The van der Waals surface area contributed by atoms with Crippen molar-refractivity contribution in [2.75, 3.05) is 26.2 Å². The maximum Gasteiger partial charge on any atom is 0.312 e. The van der Waals surface area contributed by atoms with Gasteiger partial charge in [0.05, 0.1) is 0 Å². The van der Waals surface area contributed by atoms with E-state index in [4.69, 9.17) is 23.2 Å². The first-order valence-corrected chi connectivity index (χ1v) is 9.05. The Morgan fingerprint density at radius 1 is 1.08 bits per heavy atom. The summed E-state index contributed by atoms with van der Waals surface area (Å²) in [5.41, 5.74) is 0.659. The molecule has 0 bridgehead atoms. The smallest absolute Gasteiger partial charge is 0.312 e. The van der Waals surface area contributed by atoms with Crippen molar-refractivity contribution in [1.82, 2.24) is 15.1 Å². The van der Waals surface area contributed by atoms with E-state index < -0.39 is 11.8 Å². The van der Waals surface area contributed by atoms with Gasteiger partial charge in [-0.2, -0.15) is 0 Å². The molecule has 1 fully saturated rings. The van der Waals surface area contributed by atoms with E-state index >= 15 is 0 Å². The molecule has 1 aromatic rings. The Kier molecular flexibility index (Phi) is 7.06. The minimum absolute atomic E-state index is 0.0993. The highest BCUT2D eigenvalue weighted by Crippen LogP contribution is 2.21. The van der Waals surface area contributed by atoms with Crippen LogP contribution in [0.3, 0.4) is 0 Å². The first-order valence-electron chi connectivity index (χ1n) is 8.29. The zero-order valence-corrected chi connectivity index (χ0v) is 16.2. The third-order valence-electron chi connectivity index (χ3n) is 3.86. The van der Waals surface area contributed by atoms with Gasteiger partial charge in [-0.15, -0.1) is 0 Å². The first-order chi connectivity index (χ1) is 12.3. The number of amides is 3. The molecular formula is C18H21Cl2N3O3. The molecule has 0 saturated carbocycles. The van der Waals surface area contributed by atoms with Crippen molar-refractivity contribution in [1.29, 1.82) is 0 Å². The molecule has 1 aliphatic rings. The Morgan fingerprint density at radius 3 is 2.31 bits per heavy atom. The summed E-state index contributed by atoms with van der Waals surface area (Å²) in [4.78, 5) is 39.2. The zero-order valence-electron chi connectivity index (χ0n) is 14.7. The molecule has 0 atom stereocenters. The normalized spacial score (nSPS) is 14.8. The van der Waals surface area contributed by atoms with Gasteiger partial charge in [0.25, 0.3) is 0 Å². The Hall–Kier alpha value is -2.05. The molecule has 0 aromatic heterocycles. The fraction of sp³-hybridized carbons (Fsp3) is 0.389. The highest BCUT2D eigenvalue weighted by Gasteiger charge is 2.27. The van der Waals surface area contributed by atoms with Crippen LogP contribution < -0.4 is 5.32 Å². The van der Waals surface area contributed by atoms with Crippen molar-refractivity contribution < 1.29 is 14.4 Å². The Bertz CT molecular complexity index is 726. The number of carbonyl (C=O) groups excluding carboxylic acids is 3. The third-order valence-corrected chi connectivity index (χ3v) is 4.44. The summed E-state index contributed by atoms with van der Waals surface area (Å²) in [6.45, 7) is 4.96. The molecule has 26 heavy (non-hydrogen) atoms. The summed E-state index contributed by atoms with van der Waals surface area (Å²) >= 11 is 12.0. The standard InChI is InChI=1S/C18H21Cl2N3O3/c1-12(2)21-17(25)18(26)23-9-7-22(8-10-23)16(24)6-3-13-11-14(19)4-5-15(13)20/h3-6,11-12H,7-10H2,1-2H3,(H,21,25)/b6-3+. The van der Waals surface area contributed by atoms with E-state index in [1.807, 2.05) is 0 Å². The van der Waals surface area contributed by atoms with Crippen LogP contribution in [-0.4, -0.2) is 59.7 Å². The number of nitrogens with one attached hydrogen (secondary N) is 1. The van der Waals surface area contributed by atoms with Gasteiger partial charge in [-0.1, -0.05) is 23.2 Å². The number of halogens is 2. The van der Waals surface area contributed by atoms with Crippen LogP contribution in [0.4, 0.5) is 0 Å². The quantitative estimate of drug-likeness (QED) is 0.627. The monoisotopic (exact) mass is 397 g/mol. The van der Waals surface area contributed by atoms with Crippen LogP contribution in [0.25, 0.3) is 6.08 Å². The summed E-state index contributed by atoms with van der Waals surface area (Å²) in [7, 11) is 0. The van der Waals surface area contributed by atoms with Crippen LogP contribution in [0.5, 0.6) is 0 Å². The van der Waals surface area contributed by atoms with Crippen molar-refractivity contribution in [3.05, 3.63) is 39.9 Å². The number of carbonyl (C=O) groups is 3. The second kappa shape index (κ2) is 9.05. The lowest BCUT2D eigenvalue weighted by Crippen LogP contribution is -2.54. The molecule has 1 aliphatic heterocycles. The SMILES string of the molecule is CC(C)NC(=O)C(=O)N1CCN(C(=O)/C=C/c2cc(Cl)ccc2Cl)CC1. The van der Waals surface area contributed by atoms with Gasteiger partial charge in [0.1, 0.15) is 0 Å². The molecule has 1 heterocycles. The minimum atomic E-state index is -0.615. The average molecular weight is 398 g/mol. The van der Waals surface area contributed by atoms with E-state index in [-0.39, 0.29) is 11.9 Å². The lowest BCUT2D eigenvalue weighted by molar-refractivity contribution is -0.148. The van der Waals surface area contributed by atoms with Crippen LogP contribution in [0, 0.1) is 0 Å². The van der Waals surface area contributed by atoms with Gasteiger partial charge < -0.3 is 15.1 Å². The molecule has 140 valence electrons. The molecule has 1 N–H and O–H groups in total. The molecule has 2 rings (SSSR count). The van der Waals surface area contributed by atoms with Crippen LogP contribution >= 0.6 is 23.2 Å². The van der Waals surface area contributed by atoms with E-state index in [2.05, 4.69) is 5.32 Å². The summed E-state index contributed by atoms with van der Waals surface area (Å²) in [6.07, 6.45) is 3.05. The summed E-state index contributed by atoms with van der Waals surface area (Å²) in [6, 6.07) is 4.92. The minimum Gasteiger partial charge on any atom is -0.346 e. The number of piperazine rings is 1. The van der Waals surface area contributed by atoms with Gasteiger partial charge in [-0.05, 0) is 43.7 Å². The van der Waals surface area contributed by atoms with E-state index in [9.17, 15) is 14.4 Å². The second-order valence-electron chi connectivity index (χ2n) is 6.24. The van der Waals surface area contributed by atoms with Crippen LogP contribution in [-0.2, 0) is 14.4 Å². The topological polar surface area (TPSA) is 69.7 Å². The van der Waals surface area contributed by atoms with Gasteiger partial charge in [0, 0.05) is 48.3 Å². The van der Waals surface area contributed by atoms with Gasteiger partial charge in [-0.25, -0.2) is 0 Å². The average Bonchev–Trinajstić information content (AvgIpc) is 2.61. The number of hydrogen-bond donors (Lipinski definition) is 1. The molecule has 0 radical (unpaired) electrons. The van der Waals surface area contributed by atoms with Gasteiger partial charge in [0.2, 0.25) is 5.91 Å². The van der Waals surface area contributed by atoms with Crippen LogP contribution in [0.15, 0.2) is 24.3 Å². The van der Waals surface area contributed by atoms with Crippen molar-refractivity contribution in [2.24, 2.45) is 0 Å². The molecule has 8 heteroatoms. The molecule has 0 spiro atoms. The summed E-state index contributed by atoms with van der Waals surface area (Å²) in [5, 5.41) is 3.62. The van der Waals surface area contributed by atoms with E-state index in [1.165, 1.54) is 11.0 Å². The Labute approximate surface area is 162 Å². The lowest BCUT2D eigenvalue weighted by Gasteiger charge is -2.33. The molecular weight excluding hydrogens is 377 g/mol. The fourth-order valence-electron chi connectivity index (χ4n) is 2.51. The molecule has 3 amide bonds. The largest absolute Gasteiger partial charge is 0.346 e. The first kappa shape index (κ1) is 20.3. The van der Waals surface area contributed by atoms with Crippen LogP contribution in [0.1, 0.15) is 19.4 Å². The maximum absolute atomic E-state index is 12.3. The predicted molar refractivity (Wildman–Crippen MR) is 102 cm³/mol. The molecule has 1 aromatic carbocycles. The number of hydrogen-bond acceptors (Lipinski definition) is 3. The van der Waals surface area contributed by atoms with Crippen molar-refractivity contribution in [3.8, 4) is 0 Å². The van der Waals surface area contributed by atoms with Crippen molar-refractivity contribution in [3.63, 3.8) is 0 Å². The van der Waals surface area contributed by atoms with Gasteiger partial charge >= 0.3 is 11.8 Å². The summed E-state index contributed by atoms with van der Waals surface area (Å²) < 4.78 is 0. The zero-order chi connectivity index (χ0) is 19.3. The van der Waals surface area contributed by atoms with E-state index in [0.29, 0.717) is 41.8 Å². The molecule has 6 nitrogen and oxygen atoms in total. The van der Waals surface area contributed by atoms with Gasteiger partial charge in [-0.3, -0.25) is 14.4 Å². The second-order valence-corrected chi connectivity index (χ2v) is 7.09. The molecule has 1 saturated heterocycles. The number of rotatable bonds is 3. The maximum atomic E-state index is 12.3. The predicted octanol–water partition coefficient (Wildman–Crippen LogP) is 2.20. The van der Waals surface area contributed by atoms with Crippen molar-refractivity contribution in [2.45, 2.75) is 19.9 Å². The Balaban J connectivity index is 1.90.